The summed E-state index contributed by atoms with van der Waals surface area (Å²) in [5.41, 5.74) is 1.64. The van der Waals surface area contributed by atoms with Crippen molar-refractivity contribution in [3.8, 4) is 6.07 Å². The van der Waals surface area contributed by atoms with Gasteiger partial charge in [-0.15, -0.1) is 0 Å². The lowest BCUT2D eigenvalue weighted by Crippen LogP contribution is -1.89. The third-order valence-electron chi connectivity index (χ3n) is 1.81. The van der Waals surface area contributed by atoms with E-state index in [9.17, 15) is 10.1 Å². The molecule has 1 rings (SSSR count). The van der Waals surface area contributed by atoms with Gasteiger partial charge in [0.25, 0.3) is 5.69 Å². The van der Waals surface area contributed by atoms with Gasteiger partial charge in [-0.05, 0) is 24.1 Å². The molecule has 0 N–H and O–H groups in total. The second-order valence-electron chi connectivity index (χ2n) is 2.76. The molecular weight excluding hydrogens is 180 g/mol. The number of aryl methyl sites for hydroxylation is 1. The van der Waals surface area contributed by atoms with Crippen molar-refractivity contribution in [3.05, 3.63) is 45.5 Å². The van der Waals surface area contributed by atoms with E-state index >= 15 is 0 Å². The van der Waals surface area contributed by atoms with Crippen LogP contribution < -0.4 is 0 Å². The van der Waals surface area contributed by atoms with Crippen LogP contribution in [0.15, 0.2) is 24.3 Å². The van der Waals surface area contributed by atoms with E-state index in [1.54, 1.807) is 12.1 Å². The number of hydrogen-bond acceptors (Lipinski definition) is 3. The fraction of sp³-hybridized carbons (Fsp3) is 0.100. The minimum atomic E-state index is -0.455. The van der Waals surface area contributed by atoms with Gasteiger partial charge in [0, 0.05) is 18.2 Å². The second-order valence-corrected chi connectivity index (χ2v) is 2.76. The Bertz CT molecular complexity index is 430. The number of nitrogens with zero attached hydrogens (tertiary/aromatic N) is 2. The van der Waals surface area contributed by atoms with Crippen molar-refractivity contribution in [2.24, 2.45) is 0 Å². The maximum atomic E-state index is 10.5. The second kappa shape index (κ2) is 4.19. The van der Waals surface area contributed by atoms with Gasteiger partial charge in [0.15, 0.2) is 0 Å². The highest BCUT2D eigenvalue weighted by atomic mass is 16.6. The number of nitro benzene ring substituents is 1. The number of benzene rings is 1. The van der Waals surface area contributed by atoms with E-state index in [4.69, 9.17) is 5.26 Å². The van der Waals surface area contributed by atoms with Crippen molar-refractivity contribution in [2.45, 2.75) is 6.92 Å². The zero-order valence-corrected chi connectivity index (χ0v) is 7.60. The van der Waals surface area contributed by atoms with Crippen LogP contribution in [0.5, 0.6) is 0 Å². The first-order valence-electron chi connectivity index (χ1n) is 3.96. The molecule has 0 spiro atoms. The van der Waals surface area contributed by atoms with Gasteiger partial charge >= 0.3 is 0 Å². The third-order valence-corrected chi connectivity index (χ3v) is 1.81. The van der Waals surface area contributed by atoms with Gasteiger partial charge in [-0.1, -0.05) is 6.07 Å². The lowest BCUT2D eigenvalue weighted by Gasteiger charge is -1.98. The number of nitro groups is 1. The smallest absolute Gasteiger partial charge is 0.258 e. The van der Waals surface area contributed by atoms with Gasteiger partial charge in [0.1, 0.15) is 0 Å². The predicted molar refractivity (Wildman–Crippen MR) is 52.5 cm³/mol. The SMILES string of the molecule is Cc1ccc([N+](=O)[O-])cc1C=CC#N. The highest BCUT2D eigenvalue weighted by molar-refractivity contribution is 5.58. The van der Waals surface area contributed by atoms with Gasteiger partial charge in [0.2, 0.25) is 0 Å². The van der Waals surface area contributed by atoms with Crippen LogP contribution in [0.25, 0.3) is 6.08 Å². The van der Waals surface area contributed by atoms with E-state index < -0.39 is 4.92 Å². The minimum Gasteiger partial charge on any atom is -0.258 e. The molecule has 0 aliphatic heterocycles. The first kappa shape index (κ1) is 9.93. The maximum absolute atomic E-state index is 10.5. The Labute approximate surface area is 81.2 Å². The molecule has 0 unspecified atom stereocenters. The van der Waals surface area contributed by atoms with Crippen LogP contribution >= 0.6 is 0 Å². The van der Waals surface area contributed by atoms with E-state index in [2.05, 4.69) is 0 Å². The van der Waals surface area contributed by atoms with Gasteiger partial charge in [-0.2, -0.15) is 5.26 Å². The van der Waals surface area contributed by atoms with Crippen LogP contribution in [-0.2, 0) is 0 Å². The number of nitriles is 1. The summed E-state index contributed by atoms with van der Waals surface area (Å²) in [4.78, 5) is 10.00. The van der Waals surface area contributed by atoms with Crippen molar-refractivity contribution >= 4 is 11.8 Å². The summed E-state index contributed by atoms with van der Waals surface area (Å²) >= 11 is 0. The Balaban J connectivity index is 3.16. The molecule has 4 heteroatoms. The number of allylic oxidation sites excluding steroid dienone is 1. The fourth-order valence-corrected chi connectivity index (χ4v) is 1.05. The van der Waals surface area contributed by atoms with E-state index in [1.165, 1.54) is 18.2 Å². The molecule has 0 radical (unpaired) electrons. The molecule has 0 fully saturated rings. The summed E-state index contributed by atoms with van der Waals surface area (Å²) in [6, 6.07) is 6.39. The molecule has 70 valence electrons. The average Bonchev–Trinajstić information content (AvgIpc) is 2.16. The molecule has 1 aromatic rings. The first-order valence-corrected chi connectivity index (χ1v) is 3.96. The fourth-order valence-electron chi connectivity index (χ4n) is 1.05. The molecular formula is C10H8N2O2. The van der Waals surface area contributed by atoms with Crippen molar-refractivity contribution in [1.82, 2.24) is 0 Å². The Hall–Kier alpha value is -2.15. The van der Waals surface area contributed by atoms with Crippen LogP contribution in [0, 0.1) is 28.4 Å². The zero-order chi connectivity index (χ0) is 10.6. The van der Waals surface area contributed by atoms with Crippen LogP contribution in [0.4, 0.5) is 5.69 Å². The third kappa shape index (κ3) is 2.17. The van der Waals surface area contributed by atoms with Crippen LogP contribution in [0.3, 0.4) is 0 Å². The largest absolute Gasteiger partial charge is 0.270 e. The topological polar surface area (TPSA) is 66.9 Å². The maximum Gasteiger partial charge on any atom is 0.270 e. The van der Waals surface area contributed by atoms with Crippen LogP contribution in [0.2, 0.25) is 0 Å². The van der Waals surface area contributed by atoms with Crippen molar-refractivity contribution in [2.75, 3.05) is 0 Å². The zero-order valence-electron chi connectivity index (χ0n) is 7.60. The summed E-state index contributed by atoms with van der Waals surface area (Å²) in [5, 5.41) is 18.8. The summed E-state index contributed by atoms with van der Waals surface area (Å²) in [5.74, 6) is 0. The van der Waals surface area contributed by atoms with Crippen LogP contribution in [-0.4, -0.2) is 4.92 Å². The molecule has 0 atom stereocenters. The Morgan fingerprint density at radius 3 is 2.86 bits per heavy atom. The molecule has 0 aliphatic rings. The predicted octanol–water partition coefficient (Wildman–Crippen LogP) is 2.44. The molecule has 0 saturated heterocycles. The van der Waals surface area contributed by atoms with E-state index in [0.29, 0.717) is 5.56 Å². The van der Waals surface area contributed by atoms with Gasteiger partial charge in [-0.3, -0.25) is 10.1 Å². The Morgan fingerprint density at radius 2 is 2.29 bits per heavy atom. The Kier molecular flexibility index (Phi) is 2.97. The van der Waals surface area contributed by atoms with Crippen molar-refractivity contribution < 1.29 is 4.92 Å². The minimum absolute atomic E-state index is 0.0354. The lowest BCUT2D eigenvalue weighted by molar-refractivity contribution is -0.384. The summed E-state index contributed by atoms with van der Waals surface area (Å²) in [7, 11) is 0. The molecule has 4 nitrogen and oxygen atoms in total. The number of hydrogen-bond donors (Lipinski definition) is 0. The van der Waals surface area contributed by atoms with E-state index in [-0.39, 0.29) is 5.69 Å². The van der Waals surface area contributed by atoms with Crippen molar-refractivity contribution in [1.29, 1.82) is 5.26 Å². The van der Waals surface area contributed by atoms with Gasteiger partial charge in [0.05, 0.1) is 11.0 Å². The molecule has 0 aromatic heterocycles. The first-order chi connectivity index (χ1) is 6.65. The molecule has 0 saturated carbocycles. The summed E-state index contributed by atoms with van der Waals surface area (Å²) < 4.78 is 0. The molecule has 0 aliphatic carbocycles. The molecule has 0 bridgehead atoms. The molecule has 14 heavy (non-hydrogen) atoms. The summed E-state index contributed by atoms with van der Waals surface area (Å²) in [6.07, 6.45) is 2.86. The summed E-state index contributed by atoms with van der Waals surface area (Å²) in [6.45, 7) is 1.83. The van der Waals surface area contributed by atoms with E-state index in [1.807, 2.05) is 13.0 Å². The highest BCUT2D eigenvalue weighted by Gasteiger charge is 2.06. The molecule has 0 amide bonds. The molecule has 0 heterocycles. The Morgan fingerprint density at radius 1 is 1.57 bits per heavy atom. The number of rotatable bonds is 2. The lowest BCUT2D eigenvalue weighted by atomic mass is 10.1. The number of non-ortho nitro benzene ring substituents is 1. The van der Waals surface area contributed by atoms with E-state index in [0.717, 1.165) is 5.56 Å². The van der Waals surface area contributed by atoms with Crippen LogP contribution in [0.1, 0.15) is 11.1 Å². The normalized spacial score (nSPS) is 10.0. The highest BCUT2D eigenvalue weighted by Crippen LogP contribution is 2.18. The van der Waals surface area contributed by atoms with Gasteiger partial charge in [-0.25, -0.2) is 0 Å². The van der Waals surface area contributed by atoms with Gasteiger partial charge < -0.3 is 0 Å². The quantitative estimate of drug-likeness (QED) is 0.406. The van der Waals surface area contributed by atoms with Crippen molar-refractivity contribution in [3.63, 3.8) is 0 Å². The monoisotopic (exact) mass is 188 g/mol. The standard InChI is InChI=1S/C10H8N2O2/c1-8-4-5-10(12(13)14)7-9(8)3-2-6-11/h2-5,7H,1H3. The average molecular weight is 188 g/mol. The molecule has 1 aromatic carbocycles.